The van der Waals surface area contributed by atoms with Gasteiger partial charge in [0.2, 0.25) is 5.91 Å². The lowest BCUT2D eigenvalue weighted by Crippen LogP contribution is -2.43. The van der Waals surface area contributed by atoms with E-state index in [0.717, 1.165) is 0 Å². The molecule has 0 heterocycles. The summed E-state index contributed by atoms with van der Waals surface area (Å²) < 4.78 is 93.1. The zero-order chi connectivity index (χ0) is 19.9. The van der Waals surface area contributed by atoms with Crippen molar-refractivity contribution in [1.82, 2.24) is 5.31 Å². The van der Waals surface area contributed by atoms with Crippen LogP contribution in [-0.2, 0) is 9.59 Å². The second-order valence-electron chi connectivity index (χ2n) is 1.43. The van der Waals surface area contributed by atoms with E-state index in [1.807, 2.05) is 0 Å². The Morgan fingerprint density at radius 2 is 2.55 bits per heavy atom. The largest absolute Gasteiger partial charge is 0.480 e. The molecule has 0 bridgehead atoms. The Morgan fingerprint density at radius 1 is 1.82 bits per heavy atom. The van der Waals surface area contributed by atoms with Gasteiger partial charge in [0, 0.05) is 20.6 Å². The van der Waals surface area contributed by atoms with Gasteiger partial charge >= 0.3 is 5.97 Å². The van der Waals surface area contributed by atoms with Crippen molar-refractivity contribution in [3.63, 3.8) is 0 Å². The highest BCUT2D eigenvalue weighted by molar-refractivity contribution is 5.82. The second kappa shape index (κ2) is 3.95. The molecule has 0 saturated carbocycles. The highest BCUT2D eigenvalue weighted by atomic mass is 16.4. The molecule has 0 radical (unpaired) electrons. The Kier molecular flexibility index (Phi) is 0.593. The summed E-state index contributed by atoms with van der Waals surface area (Å²) in [6, 6.07) is -4.20. The van der Waals surface area contributed by atoms with Crippen LogP contribution >= 0.6 is 0 Å². The molecule has 0 rings (SSSR count). The second-order valence-corrected chi connectivity index (χ2v) is 1.43. The molecule has 0 aromatic rings. The number of nitrogens with one attached hydrogen (secondary N) is 1. The fraction of sp³-hybridized carbons (Fsp3) is 0.714. The first-order valence-corrected chi connectivity index (χ1v) is 2.31. The number of aliphatic carboxylic acids is 1. The van der Waals surface area contributed by atoms with Gasteiger partial charge in [-0.3, -0.25) is 4.79 Å². The molecule has 0 aromatic heterocycles. The molecule has 1 amide bonds. The van der Waals surface area contributed by atoms with Gasteiger partial charge in [0.25, 0.3) is 1.43 Å². The van der Waals surface area contributed by atoms with Crippen molar-refractivity contribution in [2.45, 2.75) is 26.6 Å². The van der Waals surface area contributed by atoms with Crippen LogP contribution in [-0.4, -0.2) is 23.0 Å². The molecule has 0 spiro atoms. The molecule has 64 valence electrons. The van der Waals surface area contributed by atoms with E-state index in [9.17, 15) is 9.59 Å². The van der Waals surface area contributed by atoms with E-state index < -0.39 is 49.7 Å². The van der Waals surface area contributed by atoms with Crippen LogP contribution in [0.4, 0.5) is 0 Å². The quantitative estimate of drug-likeness (QED) is 0.640. The lowest BCUT2D eigenvalue weighted by molar-refractivity contribution is -0.142. The highest BCUT2D eigenvalue weighted by Gasteiger charge is 2.21. The zero-order valence-corrected chi connectivity index (χ0v) is 5.17. The van der Waals surface area contributed by atoms with Crippen molar-refractivity contribution in [2.24, 2.45) is 5.89 Å². The minimum Gasteiger partial charge on any atom is -0.480 e. The summed E-state index contributed by atoms with van der Waals surface area (Å²) in [6.07, 6.45) is 0. The average Bonchev–Trinajstić information content (AvgIpc) is 2.39. The van der Waals surface area contributed by atoms with Crippen LogP contribution in [0.3, 0.4) is 0 Å². The number of rotatable bonds is 3. The summed E-state index contributed by atoms with van der Waals surface area (Å²) in [5, 5.41) is 2.27. The van der Waals surface area contributed by atoms with Crippen LogP contribution in [0.1, 0.15) is 35.6 Å². The molecule has 0 aliphatic rings. The van der Waals surface area contributed by atoms with E-state index >= 15 is 0 Å². The van der Waals surface area contributed by atoms with E-state index in [0.29, 0.717) is 0 Å². The first kappa shape index (κ1) is 1.65. The number of carboxylic acids is 1. The van der Waals surface area contributed by atoms with Gasteiger partial charge < -0.3 is 10.4 Å². The normalized spacial score (nSPS) is 36.9. The zero-order valence-electron chi connectivity index (χ0n) is 18.2. The van der Waals surface area contributed by atoms with Crippen LogP contribution < -0.4 is 5.31 Å². The van der Waals surface area contributed by atoms with Gasteiger partial charge in [0.05, 0.1) is 1.37 Å². The van der Waals surface area contributed by atoms with Crippen molar-refractivity contribution in [3.8, 4) is 0 Å². The van der Waals surface area contributed by atoms with Crippen LogP contribution in [0.25, 0.3) is 1.43 Å². The molecule has 0 unspecified atom stereocenters. The van der Waals surface area contributed by atoms with E-state index in [1.165, 1.54) is 0 Å². The Morgan fingerprint density at radius 3 is 3.00 bits per heavy atom. The number of carboxylic acid groups (broad SMARTS) is 1. The monoisotopic (exact) mass is 172 g/mol. The number of hydrogen-bond acceptors (Lipinski definition) is 3. The molecule has 2 N–H and O–H groups in total. The van der Waals surface area contributed by atoms with E-state index in [1.54, 1.807) is 0 Å². The summed E-state index contributed by atoms with van der Waals surface area (Å²) in [4.78, 5) is 23.4. The van der Waals surface area contributed by atoms with E-state index in [4.69, 9.17) is 17.9 Å². The minimum absolute atomic E-state index is 1.07. The van der Waals surface area contributed by atoms with Gasteiger partial charge in [0.15, 0.2) is 1.41 Å². The van der Waals surface area contributed by atoms with E-state index in [2.05, 4.69) is 5.11 Å². The Bertz CT molecular complexity index is 493. The molecule has 0 aliphatic carbocycles. The fourth-order valence-corrected chi connectivity index (χ4v) is 0.305. The molecule has 0 saturated heterocycles. The third kappa shape index (κ3) is 3.60. The molecule has 1 atom stereocenters. The molecule has 0 aliphatic heterocycles. The lowest BCUT2D eigenvalue weighted by atomic mass is 10.1. The third-order valence-electron chi connectivity index (χ3n) is 0.644. The summed E-state index contributed by atoms with van der Waals surface area (Å²) in [7, 11) is 0. The maximum absolute atomic E-state index is 11.7. The number of hydrogen-bond donors (Lipinski definition) is 2. The SMILES string of the molecule is [2H]OC(=O)[C@@]([2H])(N([2H])C(=O)C([2H])([2H])[2H])C([2H])(C([2H])([2H])[2H])C([2H])([2H])[2H]. The summed E-state index contributed by atoms with van der Waals surface area (Å²) in [5.74, 6) is -8.88. The topological polar surface area (TPSA) is 66.4 Å². The summed E-state index contributed by atoms with van der Waals surface area (Å²) >= 11 is 0. The highest BCUT2D eigenvalue weighted by Crippen LogP contribution is 2.00. The van der Waals surface area contributed by atoms with Crippen molar-refractivity contribution < 1.29 is 31.2 Å². The van der Waals surface area contributed by atoms with Gasteiger partial charge in [-0.05, 0) is 5.89 Å². The lowest BCUT2D eigenvalue weighted by Gasteiger charge is -2.16. The molecule has 4 nitrogen and oxygen atoms in total. The van der Waals surface area contributed by atoms with E-state index in [-0.39, 0.29) is 0 Å². The fourth-order valence-electron chi connectivity index (χ4n) is 0.305. The number of amides is 1. The maximum atomic E-state index is 11.7. The molecule has 4 heteroatoms. The first-order valence-electron chi connectivity index (χ1n) is 8.67. The van der Waals surface area contributed by atoms with Crippen LogP contribution in [0.2, 0.25) is 1.41 Å². The van der Waals surface area contributed by atoms with Gasteiger partial charge in [0.1, 0.15) is 6.02 Å². The predicted molar refractivity (Wildman–Crippen MR) is 40.1 cm³/mol. The van der Waals surface area contributed by atoms with Gasteiger partial charge in [-0.25, -0.2) is 4.79 Å². The average molecular weight is 172 g/mol. The molecule has 11 heavy (non-hydrogen) atoms. The Balaban J connectivity index is 6.78. The van der Waals surface area contributed by atoms with Crippen LogP contribution in [0.15, 0.2) is 0 Å². The van der Waals surface area contributed by atoms with Crippen molar-refractivity contribution in [3.05, 3.63) is 0 Å². The number of carbonyl (C=O) groups excluding carboxylic acids is 1. The standard InChI is InChI=1S/C7H13NO3/c1-4(2)6(7(10)11)8-5(3)9/h4,6H,1-3H3,(H,8,9)(H,10,11)/t6-/m0/s1/i1D3,2D3,3D3,4D,6D/hD2. The predicted octanol–water partition coefficient (Wildman–Crippen LogP) is 0.232. The smallest absolute Gasteiger partial charge is 0.326 e. The Labute approximate surface area is 84.0 Å². The van der Waals surface area contributed by atoms with Gasteiger partial charge in [-0.2, -0.15) is 0 Å². The maximum Gasteiger partial charge on any atom is 0.326 e. The summed E-state index contributed by atoms with van der Waals surface area (Å²) in [6.45, 7) is -11.6. The van der Waals surface area contributed by atoms with Crippen LogP contribution in [0.5, 0.6) is 0 Å². The molecule has 0 aromatic carbocycles. The molecular weight excluding hydrogens is 146 g/mol. The third-order valence-corrected chi connectivity index (χ3v) is 0.644. The van der Waals surface area contributed by atoms with Crippen molar-refractivity contribution in [1.29, 1.82) is 1.43 Å². The molecule has 0 fully saturated rings. The number of carbonyl (C=O) groups is 2. The first-order chi connectivity index (χ1) is 10.3. The molecular formula is C7H13NO3. The minimum atomic E-state index is -4.20. The van der Waals surface area contributed by atoms with Crippen molar-refractivity contribution >= 4 is 11.9 Å². The summed E-state index contributed by atoms with van der Waals surface area (Å²) in [5.41, 5.74) is 0. The van der Waals surface area contributed by atoms with Gasteiger partial charge in [-0.1, -0.05) is 13.7 Å². The van der Waals surface area contributed by atoms with Crippen molar-refractivity contribution in [2.75, 3.05) is 0 Å². The Hall–Kier alpha value is -1.06. The van der Waals surface area contributed by atoms with Gasteiger partial charge in [-0.15, -0.1) is 0 Å². The van der Waals surface area contributed by atoms with Crippen LogP contribution in [0, 0.1) is 5.89 Å².